The number of anilines is 2. The first-order chi connectivity index (χ1) is 12.6. The van der Waals surface area contributed by atoms with Gasteiger partial charge in [-0.2, -0.15) is 0 Å². The third-order valence-electron chi connectivity index (χ3n) is 3.96. The molecule has 1 aromatic rings. The summed E-state index contributed by atoms with van der Waals surface area (Å²) in [6, 6.07) is 4.15. The summed E-state index contributed by atoms with van der Waals surface area (Å²) < 4.78 is 5.54. The summed E-state index contributed by atoms with van der Waals surface area (Å²) in [5, 5.41) is 9.38. The predicted molar refractivity (Wildman–Crippen MR) is 105 cm³/mol. The molecule has 2 N–H and O–H groups in total. The second-order valence-corrected chi connectivity index (χ2v) is 7.47. The Kier molecular flexibility index (Phi) is 6.30. The first-order valence-corrected chi connectivity index (χ1v) is 8.94. The van der Waals surface area contributed by atoms with Gasteiger partial charge in [0.05, 0.1) is 24.5 Å². The molecule has 8 heteroatoms. The van der Waals surface area contributed by atoms with E-state index in [2.05, 4.69) is 22.6 Å². The zero-order valence-electron chi connectivity index (χ0n) is 16.6. The van der Waals surface area contributed by atoms with Crippen LogP contribution >= 0.6 is 0 Å². The zero-order chi connectivity index (χ0) is 20.2. The zero-order valence-corrected chi connectivity index (χ0v) is 16.6. The number of carboxylic acids is 1. The monoisotopic (exact) mass is 376 g/mol. The Labute approximate surface area is 159 Å². The summed E-state index contributed by atoms with van der Waals surface area (Å²) in [4.78, 5) is 27.4. The number of hydrazine groups is 1. The van der Waals surface area contributed by atoms with Crippen molar-refractivity contribution >= 4 is 29.8 Å². The minimum atomic E-state index is -0.833. The van der Waals surface area contributed by atoms with E-state index in [0.717, 1.165) is 43.4 Å². The lowest BCUT2D eigenvalue weighted by Crippen LogP contribution is -2.36. The fourth-order valence-electron chi connectivity index (χ4n) is 2.92. The van der Waals surface area contributed by atoms with Gasteiger partial charge in [0.2, 0.25) is 0 Å². The maximum Gasteiger partial charge on any atom is 0.414 e. The van der Waals surface area contributed by atoms with Crippen LogP contribution in [0.25, 0.3) is 0 Å². The molecule has 0 saturated heterocycles. The molecule has 8 nitrogen and oxygen atoms in total. The van der Waals surface area contributed by atoms with Crippen LogP contribution in [0.3, 0.4) is 0 Å². The van der Waals surface area contributed by atoms with Gasteiger partial charge in [-0.3, -0.25) is 25.1 Å². The molecule has 0 fully saturated rings. The molecule has 2 heterocycles. The van der Waals surface area contributed by atoms with Crippen LogP contribution in [-0.2, 0) is 16.0 Å². The van der Waals surface area contributed by atoms with E-state index in [0.29, 0.717) is 6.54 Å². The molecular weight excluding hydrogens is 348 g/mol. The van der Waals surface area contributed by atoms with Crippen molar-refractivity contribution in [2.45, 2.75) is 46.6 Å². The van der Waals surface area contributed by atoms with Crippen LogP contribution in [0.4, 0.5) is 16.2 Å². The average molecular weight is 376 g/mol. The van der Waals surface area contributed by atoms with E-state index in [1.807, 2.05) is 32.7 Å². The summed E-state index contributed by atoms with van der Waals surface area (Å²) in [7, 11) is 0. The number of carbonyl (C=O) groups excluding carboxylic acids is 1. The summed E-state index contributed by atoms with van der Waals surface area (Å²) in [6.07, 6.45) is 2.39. The van der Waals surface area contributed by atoms with E-state index in [1.165, 1.54) is 5.56 Å². The molecule has 0 aromatic heterocycles. The first kappa shape index (κ1) is 20.5. The van der Waals surface area contributed by atoms with Crippen molar-refractivity contribution in [1.29, 1.82) is 0 Å². The van der Waals surface area contributed by atoms with E-state index in [4.69, 9.17) is 14.6 Å². The molecule has 0 radical (unpaired) electrons. The lowest BCUT2D eigenvalue weighted by molar-refractivity contribution is -0.134. The Balaban J connectivity index is 0.000000596. The number of hydrogen-bond acceptors (Lipinski definition) is 6. The largest absolute Gasteiger partial charge is 0.481 e. The summed E-state index contributed by atoms with van der Waals surface area (Å²) >= 11 is 0. The molecule has 1 amide bonds. The van der Waals surface area contributed by atoms with Gasteiger partial charge in [0.1, 0.15) is 11.9 Å². The molecule has 148 valence electrons. The molecular formula is C19H28N4O4. The molecule has 3 rings (SSSR count). The van der Waals surface area contributed by atoms with Crippen molar-refractivity contribution in [2.75, 3.05) is 30.0 Å². The van der Waals surface area contributed by atoms with Crippen molar-refractivity contribution < 1.29 is 19.4 Å². The van der Waals surface area contributed by atoms with Crippen LogP contribution in [0.5, 0.6) is 0 Å². The molecule has 2 aliphatic rings. The van der Waals surface area contributed by atoms with Crippen LogP contribution in [-0.4, -0.2) is 53.8 Å². The molecule has 1 aromatic carbocycles. The van der Waals surface area contributed by atoms with Gasteiger partial charge < -0.3 is 9.84 Å². The SMILES string of the molecule is CC(=O)O.Cc1c(NN2C=NCC2)ccc2c1N(C(=O)OC(C)(C)C)CC2. The highest BCUT2D eigenvalue weighted by atomic mass is 16.6. The van der Waals surface area contributed by atoms with Gasteiger partial charge in [-0.25, -0.2) is 4.79 Å². The van der Waals surface area contributed by atoms with Crippen molar-refractivity contribution in [2.24, 2.45) is 4.99 Å². The van der Waals surface area contributed by atoms with E-state index < -0.39 is 11.6 Å². The van der Waals surface area contributed by atoms with Gasteiger partial charge in [-0.15, -0.1) is 0 Å². The van der Waals surface area contributed by atoms with Crippen LogP contribution in [0.15, 0.2) is 17.1 Å². The van der Waals surface area contributed by atoms with Crippen molar-refractivity contribution in [3.63, 3.8) is 0 Å². The molecule has 0 spiro atoms. The number of aliphatic imine (C=N–C) groups is 1. The second-order valence-electron chi connectivity index (χ2n) is 7.47. The van der Waals surface area contributed by atoms with Gasteiger partial charge in [0, 0.05) is 13.5 Å². The number of fused-ring (bicyclic) bond motifs is 1. The summed E-state index contributed by atoms with van der Waals surface area (Å²) in [6.45, 7) is 11.1. The number of ether oxygens (including phenoxy) is 1. The van der Waals surface area contributed by atoms with Crippen molar-refractivity contribution in [3.05, 3.63) is 23.3 Å². The lowest BCUT2D eigenvalue weighted by atomic mass is 10.1. The number of aliphatic carboxylic acids is 1. The Morgan fingerprint density at radius 1 is 1.26 bits per heavy atom. The minimum absolute atomic E-state index is 0.278. The fraction of sp³-hybridized carbons (Fsp3) is 0.526. The Hall–Kier alpha value is -2.77. The number of rotatable bonds is 2. The topological polar surface area (TPSA) is 94.5 Å². The molecule has 0 bridgehead atoms. The third-order valence-corrected chi connectivity index (χ3v) is 3.96. The Bertz CT molecular complexity index is 736. The highest BCUT2D eigenvalue weighted by Crippen LogP contribution is 2.36. The standard InChI is InChI=1S/C17H24N4O2.C2H4O2/c1-12-14(19-20-10-8-18-11-20)6-5-13-7-9-21(15(12)13)16(22)23-17(2,3)4;1-2(3)4/h5-6,11,19H,7-10H2,1-4H3;1H3,(H,3,4). The van der Waals surface area contributed by atoms with Crippen molar-refractivity contribution in [3.8, 4) is 0 Å². The Morgan fingerprint density at radius 3 is 2.48 bits per heavy atom. The average Bonchev–Trinajstić information content (AvgIpc) is 3.17. The van der Waals surface area contributed by atoms with E-state index in [-0.39, 0.29) is 6.09 Å². The first-order valence-electron chi connectivity index (χ1n) is 8.94. The van der Waals surface area contributed by atoms with Gasteiger partial charge in [0.15, 0.2) is 0 Å². The van der Waals surface area contributed by atoms with E-state index in [1.54, 1.807) is 11.2 Å². The molecule has 0 atom stereocenters. The number of nitrogens with one attached hydrogen (secondary N) is 1. The molecule has 2 aliphatic heterocycles. The van der Waals surface area contributed by atoms with Crippen LogP contribution in [0.1, 0.15) is 38.8 Å². The molecule has 0 saturated carbocycles. The summed E-state index contributed by atoms with van der Waals surface area (Å²) in [5.74, 6) is -0.833. The van der Waals surface area contributed by atoms with E-state index >= 15 is 0 Å². The van der Waals surface area contributed by atoms with Crippen LogP contribution in [0, 0.1) is 6.92 Å². The Morgan fingerprint density at radius 2 is 1.93 bits per heavy atom. The fourth-order valence-corrected chi connectivity index (χ4v) is 2.92. The molecule has 0 aliphatic carbocycles. The van der Waals surface area contributed by atoms with Crippen LogP contribution < -0.4 is 10.3 Å². The molecule has 0 unspecified atom stereocenters. The van der Waals surface area contributed by atoms with Gasteiger partial charge in [-0.1, -0.05) is 6.07 Å². The maximum absolute atomic E-state index is 12.5. The van der Waals surface area contributed by atoms with Crippen LogP contribution in [0.2, 0.25) is 0 Å². The highest BCUT2D eigenvalue weighted by molar-refractivity contribution is 5.93. The summed E-state index contributed by atoms with van der Waals surface area (Å²) in [5.41, 5.74) is 7.08. The third kappa shape index (κ3) is 5.60. The second kappa shape index (κ2) is 8.28. The van der Waals surface area contributed by atoms with Gasteiger partial charge in [0.25, 0.3) is 5.97 Å². The van der Waals surface area contributed by atoms with E-state index in [9.17, 15) is 4.79 Å². The number of benzene rings is 1. The number of carboxylic acid groups (broad SMARTS) is 1. The number of nitrogens with zero attached hydrogens (tertiary/aromatic N) is 3. The minimum Gasteiger partial charge on any atom is -0.481 e. The normalized spacial score (nSPS) is 15.1. The predicted octanol–water partition coefficient (Wildman–Crippen LogP) is 3.05. The quantitative estimate of drug-likeness (QED) is 0.824. The maximum atomic E-state index is 12.5. The number of amides is 1. The molecule has 27 heavy (non-hydrogen) atoms. The smallest absolute Gasteiger partial charge is 0.414 e. The van der Waals surface area contributed by atoms with Crippen molar-refractivity contribution in [1.82, 2.24) is 5.01 Å². The number of carbonyl (C=O) groups is 2. The van der Waals surface area contributed by atoms with Gasteiger partial charge in [-0.05, 0) is 51.3 Å². The number of hydrogen-bond donors (Lipinski definition) is 2. The highest BCUT2D eigenvalue weighted by Gasteiger charge is 2.31. The lowest BCUT2D eigenvalue weighted by Gasteiger charge is -2.27. The van der Waals surface area contributed by atoms with Gasteiger partial charge >= 0.3 is 6.09 Å².